The zero-order valence-electron chi connectivity index (χ0n) is 24.4. The summed E-state index contributed by atoms with van der Waals surface area (Å²) in [5.41, 5.74) is 3.29. The molecule has 0 heterocycles. The van der Waals surface area contributed by atoms with E-state index in [1.54, 1.807) is 0 Å². The molecule has 210 valence electrons. The minimum atomic E-state index is -0.652. The number of hydrogen-bond donors (Lipinski definition) is 2. The highest BCUT2D eigenvalue weighted by atomic mass is 16.4. The highest BCUT2D eigenvalue weighted by Gasteiger charge is 2.70. The molecule has 4 fully saturated rings. The molecule has 0 radical (unpaired) electrons. The monoisotopic (exact) mass is 522 g/mol. The van der Waals surface area contributed by atoms with Gasteiger partial charge in [0.15, 0.2) is 0 Å². The van der Waals surface area contributed by atoms with Gasteiger partial charge in [-0.25, -0.2) is 0 Å². The lowest BCUT2D eigenvalue weighted by molar-refractivity contribution is -0.226. The average Bonchev–Trinajstić information content (AvgIpc) is 3.30. The number of carboxylic acid groups (broad SMARTS) is 2. The van der Waals surface area contributed by atoms with Crippen LogP contribution in [0.4, 0.5) is 0 Å². The predicted octanol–water partition coefficient (Wildman–Crippen LogP) is 8.27. The third kappa shape index (κ3) is 3.27. The summed E-state index contributed by atoms with van der Waals surface area (Å²) in [6.07, 6.45) is 18.3. The van der Waals surface area contributed by atoms with E-state index >= 15 is 0 Å². The van der Waals surface area contributed by atoms with E-state index in [0.717, 1.165) is 51.4 Å². The van der Waals surface area contributed by atoms with E-state index in [-0.39, 0.29) is 27.6 Å². The van der Waals surface area contributed by atoms with Crippen LogP contribution in [0.3, 0.4) is 0 Å². The van der Waals surface area contributed by atoms with Crippen molar-refractivity contribution in [2.75, 3.05) is 0 Å². The van der Waals surface area contributed by atoms with Gasteiger partial charge < -0.3 is 10.2 Å². The number of hydrogen-bond acceptors (Lipinski definition) is 2. The van der Waals surface area contributed by atoms with Crippen LogP contribution in [0.15, 0.2) is 23.3 Å². The first-order valence-corrected chi connectivity index (χ1v) is 15.7. The molecule has 4 heteroatoms. The second-order valence-corrected chi connectivity index (χ2v) is 15.7. The van der Waals surface area contributed by atoms with E-state index < -0.39 is 17.4 Å². The van der Waals surface area contributed by atoms with Crippen molar-refractivity contribution in [3.8, 4) is 0 Å². The normalized spacial score (nSPS) is 49.4. The van der Waals surface area contributed by atoms with Gasteiger partial charge in [0.2, 0.25) is 0 Å². The van der Waals surface area contributed by atoms with Crippen LogP contribution in [0, 0.1) is 56.7 Å². The van der Waals surface area contributed by atoms with Gasteiger partial charge in [0.05, 0.1) is 11.3 Å². The molecular formula is C34H50O4. The minimum Gasteiger partial charge on any atom is -0.481 e. The van der Waals surface area contributed by atoms with Crippen molar-refractivity contribution in [1.82, 2.24) is 0 Å². The lowest BCUT2D eigenvalue weighted by atomic mass is 9.32. The van der Waals surface area contributed by atoms with Crippen LogP contribution in [0.2, 0.25) is 0 Å². The lowest BCUT2D eigenvalue weighted by Gasteiger charge is -2.72. The fraction of sp³-hybridized carbons (Fsp3) is 0.824. The van der Waals surface area contributed by atoms with Crippen LogP contribution < -0.4 is 0 Å². The van der Waals surface area contributed by atoms with Gasteiger partial charge in [0.1, 0.15) is 0 Å². The predicted molar refractivity (Wildman–Crippen MR) is 149 cm³/mol. The van der Waals surface area contributed by atoms with Gasteiger partial charge in [-0.15, -0.1) is 0 Å². The van der Waals surface area contributed by atoms with Crippen molar-refractivity contribution in [3.63, 3.8) is 0 Å². The van der Waals surface area contributed by atoms with Crippen LogP contribution >= 0.6 is 0 Å². The Balaban J connectivity index is 1.32. The quantitative estimate of drug-likeness (QED) is 0.391. The van der Waals surface area contributed by atoms with Gasteiger partial charge in [-0.1, -0.05) is 53.2 Å². The first-order chi connectivity index (χ1) is 17.8. The third-order valence-corrected chi connectivity index (χ3v) is 14.5. The fourth-order valence-electron chi connectivity index (χ4n) is 12.4. The first kappa shape index (κ1) is 26.6. The highest BCUT2D eigenvalue weighted by molar-refractivity contribution is 5.76. The van der Waals surface area contributed by atoms with Crippen LogP contribution in [-0.4, -0.2) is 22.2 Å². The highest BCUT2D eigenvalue weighted by Crippen LogP contribution is 2.77. The number of rotatable bonds is 3. The van der Waals surface area contributed by atoms with Crippen LogP contribution in [0.5, 0.6) is 0 Å². The van der Waals surface area contributed by atoms with Crippen LogP contribution in [-0.2, 0) is 9.59 Å². The lowest BCUT2D eigenvalue weighted by Crippen LogP contribution is -2.65. The Labute approximate surface area is 229 Å². The number of allylic oxidation sites excluding steroid dienone is 4. The van der Waals surface area contributed by atoms with Gasteiger partial charge in [0, 0.05) is 0 Å². The van der Waals surface area contributed by atoms with Crippen molar-refractivity contribution in [3.05, 3.63) is 23.3 Å². The first-order valence-electron chi connectivity index (χ1n) is 15.7. The Morgan fingerprint density at radius 3 is 2.21 bits per heavy atom. The molecule has 4 saturated carbocycles. The van der Waals surface area contributed by atoms with Gasteiger partial charge in [-0.05, 0) is 134 Å². The molecule has 0 aromatic heterocycles. The number of carbonyl (C=O) groups is 2. The Kier molecular flexibility index (Phi) is 5.93. The number of aliphatic carboxylic acids is 2. The van der Waals surface area contributed by atoms with E-state index in [1.165, 1.54) is 36.8 Å². The third-order valence-electron chi connectivity index (χ3n) is 14.5. The summed E-state index contributed by atoms with van der Waals surface area (Å²) in [7, 11) is 0. The van der Waals surface area contributed by atoms with Crippen LogP contribution in [0.1, 0.15) is 118 Å². The molecule has 9 atom stereocenters. The molecule has 0 spiro atoms. The van der Waals surface area contributed by atoms with Crippen molar-refractivity contribution in [1.29, 1.82) is 0 Å². The van der Waals surface area contributed by atoms with Crippen LogP contribution in [0.25, 0.3) is 0 Å². The number of carboxylic acids is 2. The molecule has 6 rings (SSSR count). The maximum atomic E-state index is 12.6. The largest absolute Gasteiger partial charge is 0.481 e. The Bertz CT molecular complexity index is 1100. The summed E-state index contributed by atoms with van der Waals surface area (Å²) in [6, 6.07) is 0. The maximum Gasteiger partial charge on any atom is 0.309 e. The van der Waals surface area contributed by atoms with E-state index in [4.69, 9.17) is 0 Å². The molecule has 4 nitrogen and oxygen atoms in total. The Hall–Kier alpha value is -1.58. The van der Waals surface area contributed by atoms with E-state index in [1.807, 2.05) is 0 Å². The Morgan fingerprint density at radius 1 is 0.789 bits per heavy atom. The van der Waals surface area contributed by atoms with Gasteiger partial charge in [0.25, 0.3) is 0 Å². The topological polar surface area (TPSA) is 74.6 Å². The summed E-state index contributed by atoms with van der Waals surface area (Å²) >= 11 is 0. The SMILES string of the molecule is CC1(C)C(C2=CCC(C(=O)O)CC2)=CC[C@]2(C)[C@H]3CC[C@@H]4[C@H]5CCC[C@]5(C(=O)O)CC[C@@]4(C)[C@]3(C)CC[C@@H]12. The molecule has 0 saturated heterocycles. The smallest absolute Gasteiger partial charge is 0.309 e. The average molecular weight is 523 g/mol. The molecule has 2 N–H and O–H groups in total. The molecule has 0 aliphatic heterocycles. The molecular weight excluding hydrogens is 472 g/mol. The van der Waals surface area contributed by atoms with Crippen molar-refractivity contribution < 1.29 is 19.8 Å². The molecule has 38 heavy (non-hydrogen) atoms. The Morgan fingerprint density at radius 2 is 1.55 bits per heavy atom. The van der Waals surface area contributed by atoms with Crippen molar-refractivity contribution >= 4 is 11.9 Å². The summed E-state index contributed by atoms with van der Waals surface area (Å²) in [4.78, 5) is 24.1. The van der Waals surface area contributed by atoms with E-state index in [2.05, 4.69) is 46.8 Å². The molecule has 0 aromatic rings. The zero-order valence-corrected chi connectivity index (χ0v) is 24.4. The fourth-order valence-corrected chi connectivity index (χ4v) is 12.4. The molecule has 0 amide bonds. The summed E-state index contributed by atoms with van der Waals surface area (Å²) in [5.74, 6) is 0.822. The molecule has 6 aliphatic carbocycles. The van der Waals surface area contributed by atoms with Gasteiger partial charge in [-0.2, -0.15) is 0 Å². The second-order valence-electron chi connectivity index (χ2n) is 15.7. The van der Waals surface area contributed by atoms with Crippen molar-refractivity contribution in [2.45, 2.75) is 118 Å². The maximum absolute atomic E-state index is 12.6. The summed E-state index contributed by atoms with van der Waals surface area (Å²) < 4.78 is 0. The molecule has 1 unspecified atom stereocenters. The summed E-state index contributed by atoms with van der Waals surface area (Å²) in [6.45, 7) is 12.8. The zero-order chi connectivity index (χ0) is 27.3. The standard InChI is InChI=1S/C34H50O4/c1-30(2)23(21-8-10-22(11-9-21)28(35)36)14-17-31(3)26(30)15-18-33(5)27(31)13-12-24-25-7-6-16-34(25,29(37)38)20-19-32(24,33)4/h8,14,22,24-27H,6-7,9-13,15-20H2,1-5H3,(H,35,36)(H,37,38)/t22?,24-,25-,26+,27-,31+,32-,33-,34+/m1/s1. The second kappa shape index (κ2) is 8.46. The van der Waals surface area contributed by atoms with Crippen molar-refractivity contribution in [2.24, 2.45) is 56.7 Å². The number of fused-ring (bicyclic) bond motifs is 7. The minimum absolute atomic E-state index is 0.0878. The van der Waals surface area contributed by atoms with E-state index in [9.17, 15) is 19.8 Å². The van der Waals surface area contributed by atoms with Gasteiger partial charge in [-0.3, -0.25) is 9.59 Å². The molecule has 6 aliphatic rings. The molecule has 0 aromatic carbocycles. The molecule has 0 bridgehead atoms. The van der Waals surface area contributed by atoms with E-state index in [0.29, 0.717) is 30.1 Å². The summed E-state index contributed by atoms with van der Waals surface area (Å²) in [5, 5.41) is 19.8. The van der Waals surface area contributed by atoms with Gasteiger partial charge >= 0.3 is 11.9 Å².